The summed E-state index contributed by atoms with van der Waals surface area (Å²) in [5.41, 5.74) is 2.16. The van der Waals surface area contributed by atoms with Gasteiger partial charge in [0.05, 0.1) is 19.3 Å². The highest BCUT2D eigenvalue weighted by molar-refractivity contribution is 6.33. The predicted octanol–water partition coefficient (Wildman–Crippen LogP) is 4.15. The molecule has 3 nitrogen and oxygen atoms in total. The number of nitrogens with zero attached hydrogens (tertiary/aromatic N) is 3. The summed E-state index contributed by atoms with van der Waals surface area (Å²) in [6, 6.07) is 15.7. The highest BCUT2D eigenvalue weighted by Gasteiger charge is 2.15. The van der Waals surface area contributed by atoms with Crippen molar-refractivity contribution in [3.63, 3.8) is 0 Å². The third-order valence-electron chi connectivity index (χ3n) is 3.71. The van der Waals surface area contributed by atoms with Crippen LogP contribution in [0.2, 0.25) is 10.0 Å². The Balaban J connectivity index is 1.58. The number of halogens is 2. The molecule has 0 bridgehead atoms. The fraction of sp³-hybridized carbons (Fsp3) is 0.235. The van der Waals surface area contributed by atoms with Crippen molar-refractivity contribution in [3.05, 3.63) is 64.1 Å². The molecule has 0 aromatic heterocycles. The molecule has 2 aromatic rings. The number of benzene rings is 2. The molecule has 1 heterocycles. The lowest BCUT2D eigenvalue weighted by Gasteiger charge is -2.34. The van der Waals surface area contributed by atoms with Gasteiger partial charge in [0.2, 0.25) is 0 Å². The van der Waals surface area contributed by atoms with Crippen molar-refractivity contribution >= 4 is 35.1 Å². The highest BCUT2D eigenvalue weighted by Crippen LogP contribution is 2.19. The summed E-state index contributed by atoms with van der Waals surface area (Å²) in [5, 5.41) is 8.11. The third kappa shape index (κ3) is 3.73. The second-order valence-corrected chi connectivity index (χ2v) is 6.03. The third-order valence-corrected chi connectivity index (χ3v) is 4.31. The first-order valence-electron chi connectivity index (χ1n) is 7.26. The maximum Gasteiger partial charge on any atom is 0.0557 e. The van der Waals surface area contributed by atoms with Crippen LogP contribution in [0.15, 0.2) is 53.6 Å². The summed E-state index contributed by atoms with van der Waals surface area (Å²) in [6.07, 6.45) is 1.83. The summed E-state index contributed by atoms with van der Waals surface area (Å²) in [6.45, 7) is 3.68. The monoisotopic (exact) mass is 333 g/mol. The molecule has 3 rings (SSSR count). The van der Waals surface area contributed by atoms with Crippen molar-refractivity contribution in [2.75, 3.05) is 31.1 Å². The van der Waals surface area contributed by atoms with Gasteiger partial charge < -0.3 is 4.90 Å². The van der Waals surface area contributed by atoms with E-state index in [1.54, 1.807) is 0 Å². The molecule has 0 N–H and O–H groups in total. The van der Waals surface area contributed by atoms with Crippen LogP contribution >= 0.6 is 23.2 Å². The zero-order chi connectivity index (χ0) is 15.4. The molecule has 0 amide bonds. The largest absolute Gasteiger partial charge is 0.368 e. The number of rotatable bonds is 3. The Labute approximate surface area is 140 Å². The maximum absolute atomic E-state index is 6.13. The summed E-state index contributed by atoms with van der Waals surface area (Å²) >= 11 is 12.1. The molecular formula is C17H17Cl2N3. The molecule has 1 aliphatic heterocycles. The normalized spacial score (nSPS) is 15.5. The van der Waals surface area contributed by atoms with Gasteiger partial charge in [-0.05, 0) is 30.3 Å². The Morgan fingerprint density at radius 3 is 2.23 bits per heavy atom. The van der Waals surface area contributed by atoms with E-state index in [9.17, 15) is 0 Å². The van der Waals surface area contributed by atoms with E-state index in [-0.39, 0.29) is 0 Å². The number of hydrazone groups is 1. The van der Waals surface area contributed by atoms with E-state index >= 15 is 0 Å². The molecule has 0 atom stereocenters. The standard InChI is InChI=1S/C17H17Cl2N3/c18-15-5-7-16(8-6-15)21-9-11-22(12-10-21)20-13-14-3-1-2-4-17(14)19/h1-8,13H,9-12H2. The van der Waals surface area contributed by atoms with Gasteiger partial charge in [-0.1, -0.05) is 41.4 Å². The molecule has 0 spiro atoms. The maximum atomic E-state index is 6.13. The molecule has 1 aliphatic rings. The molecule has 0 unspecified atom stereocenters. The SMILES string of the molecule is Clc1ccc(N2CCN(N=Cc3ccccc3Cl)CC2)cc1. The summed E-state index contributed by atoms with van der Waals surface area (Å²) < 4.78 is 0. The van der Waals surface area contributed by atoms with Gasteiger partial charge in [0.25, 0.3) is 0 Å². The Hall–Kier alpha value is -1.71. The first kappa shape index (κ1) is 15.2. The fourth-order valence-corrected chi connectivity index (χ4v) is 2.76. The Bertz CT molecular complexity index is 647. The zero-order valence-electron chi connectivity index (χ0n) is 12.1. The van der Waals surface area contributed by atoms with Crippen molar-refractivity contribution in [2.45, 2.75) is 0 Å². The van der Waals surface area contributed by atoms with E-state index in [4.69, 9.17) is 23.2 Å². The number of piperazine rings is 1. The van der Waals surface area contributed by atoms with Crippen LogP contribution in [0.1, 0.15) is 5.56 Å². The van der Waals surface area contributed by atoms with Gasteiger partial charge in [-0.25, -0.2) is 0 Å². The lowest BCUT2D eigenvalue weighted by Crippen LogP contribution is -2.44. The Kier molecular flexibility index (Phi) is 4.86. The van der Waals surface area contributed by atoms with E-state index in [0.717, 1.165) is 41.8 Å². The second-order valence-electron chi connectivity index (χ2n) is 5.18. The average Bonchev–Trinajstić information content (AvgIpc) is 2.55. The lowest BCUT2D eigenvalue weighted by molar-refractivity contribution is 0.272. The van der Waals surface area contributed by atoms with Gasteiger partial charge in [-0.15, -0.1) is 0 Å². The number of anilines is 1. The lowest BCUT2D eigenvalue weighted by atomic mass is 10.2. The molecule has 0 aliphatic carbocycles. The average molecular weight is 334 g/mol. The van der Waals surface area contributed by atoms with Crippen LogP contribution < -0.4 is 4.90 Å². The van der Waals surface area contributed by atoms with Crippen molar-refractivity contribution in [1.82, 2.24) is 5.01 Å². The van der Waals surface area contributed by atoms with E-state index in [2.05, 4.69) is 27.1 Å². The van der Waals surface area contributed by atoms with E-state index < -0.39 is 0 Å². The molecule has 1 fully saturated rings. The molecule has 0 saturated carbocycles. The molecule has 22 heavy (non-hydrogen) atoms. The minimum Gasteiger partial charge on any atom is -0.368 e. The topological polar surface area (TPSA) is 18.8 Å². The van der Waals surface area contributed by atoms with E-state index in [1.165, 1.54) is 5.69 Å². The summed E-state index contributed by atoms with van der Waals surface area (Å²) in [4.78, 5) is 2.35. The molecule has 2 aromatic carbocycles. The number of hydrogen-bond donors (Lipinski definition) is 0. The Morgan fingerprint density at radius 2 is 1.55 bits per heavy atom. The van der Waals surface area contributed by atoms with E-state index in [0.29, 0.717) is 0 Å². The molecular weight excluding hydrogens is 317 g/mol. The van der Waals surface area contributed by atoms with E-state index in [1.807, 2.05) is 42.6 Å². The highest BCUT2D eigenvalue weighted by atomic mass is 35.5. The van der Waals surface area contributed by atoms with Crippen LogP contribution in [0.4, 0.5) is 5.69 Å². The van der Waals surface area contributed by atoms with Crippen LogP contribution in [-0.4, -0.2) is 37.4 Å². The van der Waals surface area contributed by atoms with Gasteiger partial charge in [0.15, 0.2) is 0 Å². The molecule has 0 radical (unpaired) electrons. The van der Waals surface area contributed by atoms with Crippen molar-refractivity contribution in [1.29, 1.82) is 0 Å². The predicted molar refractivity (Wildman–Crippen MR) is 94.3 cm³/mol. The minimum atomic E-state index is 0.728. The van der Waals surface area contributed by atoms with Crippen LogP contribution in [-0.2, 0) is 0 Å². The van der Waals surface area contributed by atoms with Gasteiger partial charge in [0.1, 0.15) is 0 Å². The molecule has 114 valence electrons. The van der Waals surface area contributed by atoms with Crippen LogP contribution in [0.3, 0.4) is 0 Å². The van der Waals surface area contributed by atoms with Crippen LogP contribution in [0.25, 0.3) is 0 Å². The van der Waals surface area contributed by atoms with Crippen LogP contribution in [0.5, 0.6) is 0 Å². The van der Waals surface area contributed by atoms with Gasteiger partial charge >= 0.3 is 0 Å². The Morgan fingerprint density at radius 1 is 0.864 bits per heavy atom. The van der Waals surface area contributed by atoms with Gasteiger partial charge in [-0.2, -0.15) is 5.10 Å². The van der Waals surface area contributed by atoms with Gasteiger partial charge in [0, 0.05) is 34.4 Å². The molecule has 1 saturated heterocycles. The summed E-state index contributed by atoms with van der Waals surface area (Å²) in [5.74, 6) is 0. The van der Waals surface area contributed by atoms with Crippen molar-refractivity contribution in [2.24, 2.45) is 5.10 Å². The van der Waals surface area contributed by atoms with Gasteiger partial charge in [-0.3, -0.25) is 5.01 Å². The van der Waals surface area contributed by atoms with Crippen molar-refractivity contribution in [3.8, 4) is 0 Å². The smallest absolute Gasteiger partial charge is 0.0557 e. The zero-order valence-corrected chi connectivity index (χ0v) is 13.6. The molecule has 5 heteroatoms. The van der Waals surface area contributed by atoms with Crippen molar-refractivity contribution < 1.29 is 0 Å². The quantitative estimate of drug-likeness (QED) is 0.786. The first-order chi connectivity index (χ1) is 10.7. The fourth-order valence-electron chi connectivity index (χ4n) is 2.45. The number of hydrogen-bond acceptors (Lipinski definition) is 3. The second kappa shape index (κ2) is 7.03. The minimum absolute atomic E-state index is 0.728. The van der Waals surface area contributed by atoms with Crippen LogP contribution in [0, 0.1) is 0 Å². The first-order valence-corrected chi connectivity index (χ1v) is 8.02. The summed E-state index contributed by atoms with van der Waals surface area (Å²) in [7, 11) is 0.